The van der Waals surface area contributed by atoms with Gasteiger partial charge in [-0.3, -0.25) is 0 Å². The lowest BCUT2D eigenvalue weighted by molar-refractivity contribution is 0.401. The molecule has 1 aromatic carbocycles. The third kappa shape index (κ3) is 1.39. The van der Waals surface area contributed by atoms with E-state index >= 15 is 0 Å². The Kier molecular flexibility index (Phi) is 2.39. The summed E-state index contributed by atoms with van der Waals surface area (Å²) in [5.41, 5.74) is 6.93. The maximum atomic E-state index is 10.0. The second-order valence-electron chi connectivity index (χ2n) is 5.23. The number of benzene rings is 1. The van der Waals surface area contributed by atoms with E-state index in [0.717, 1.165) is 12.0 Å². The van der Waals surface area contributed by atoms with Crippen LogP contribution in [0.3, 0.4) is 0 Å². The van der Waals surface area contributed by atoms with Crippen molar-refractivity contribution in [3.05, 3.63) is 23.8 Å². The molecule has 1 saturated carbocycles. The largest absolute Gasteiger partial charge is 0.508 e. The zero-order valence-corrected chi connectivity index (χ0v) is 10.1. The summed E-state index contributed by atoms with van der Waals surface area (Å²) in [4.78, 5) is 0. The molecule has 0 aromatic heterocycles. The molecule has 0 aliphatic heterocycles. The zero-order chi connectivity index (χ0) is 12.0. The van der Waals surface area contributed by atoms with Crippen molar-refractivity contribution in [2.24, 2.45) is 11.1 Å². The smallest absolute Gasteiger partial charge is 0.123 e. The van der Waals surface area contributed by atoms with Crippen LogP contribution in [-0.4, -0.2) is 18.8 Å². The first-order chi connectivity index (χ1) is 7.47. The van der Waals surface area contributed by atoms with Crippen molar-refractivity contribution >= 4 is 0 Å². The Bertz CT molecular complexity index is 414. The van der Waals surface area contributed by atoms with Gasteiger partial charge in [0.2, 0.25) is 0 Å². The Balaban J connectivity index is 2.42. The van der Waals surface area contributed by atoms with E-state index in [1.54, 1.807) is 13.2 Å². The fourth-order valence-electron chi connectivity index (χ4n) is 2.67. The number of rotatable bonds is 3. The molecule has 0 spiro atoms. The molecule has 0 heterocycles. The quantitative estimate of drug-likeness (QED) is 0.821. The molecule has 1 atom stereocenters. The molecule has 2 rings (SSSR count). The minimum absolute atomic E-state index is 0.0661. The Morgan fingerprint density at radius 1 is 1.44 bits per heavy atom. The number of ether oxygens (including phenoxy) is 1. The summed E-state index contributed by atoms with van der Waals surface area (Å²) in [6.07, 6.45) is 1.02. The van der Waals surface area contributed by atoms with E-state index in [9.17, 15) is 5.11 Å². The number of methoxy groups -OCH3 is 1. The summed E-state index contributed by atoms with van der Waals surface area (Å²) in [7, 11) is 1.59. The van der Waals surface area contributed by atoms with Gasteiger partial charge in [-0.15, -0.1) is 0 Å². The van der Waals surface area contributed by atoms with E-state index in [-0.39, 0.29) is 16.6 Å². The molecule has 0 radical (unpaired) electrons. The number of phenolic OH excluding ortho intramolecular Hbond substituents is 1. The van der Waals surface area contributed by atoms with Gasteiger partial charge in [0.1, 0.15) is 11.5 Å². The van der Waals surface area contributed by atoms with Crippen molar-refractivity contribution in [1.82, 2.24) is 0 Å². The number of hydrogen-bond donors (Lipinski definition) is 2. The first-order valence-electron chi connectivity index (χ1n) is 5.54. The van der Waals surface area contributed by atoms with Gasteiger partial charge in [-0.25, -0.2) is 0 Å². The van der Waals surface area contributed by atoms with E-state index < -0.39 is 0 Å². The molecule has 0 saturated heterocycles. The highest BCUT2D eigenvalue weighted by molar-refractivity contribution is 5.49. The SMILES string of the molecule is COc1ccc(C2(CN)CC2(C)C)c(O)c1. The van der Waals surface area contributed by atoms with E-state index in [0.29, 0.717) is 12.3 Å². The molecule has 3 N–H and O–H groups in total. The van der Waals surface area contributed by atoms with Crippen LogP contribution in [0.25, 0.3) is 0 Å². The van der Waals surface area contributed by atoms with Crippen molar-refractivity contribution in [2.75, 3.05) is 13.7 Å². The summed E-state index contributed by atoms with van der Waals surface area (Å²) >= 11 is 0. The standard InChI is InChI=1S/C13H19NO2/c1-12(2)7-13(12,8-14)10-5-4-9(16-3)6-11(10)15/h4-6,15H,7-8,14H2,1-3H3. The Morgan fingerprint density at radius 2 is 2.06 bits per heavy atom. The molecule has 1 aliphatic carbocycles. The lowest BCUT2D eigenvalue weighted by atomic mass is 9.87. The molecule has 1 unspecified atom stereocenters. The predicted octanol–water partition coefficient (Wildman–Crippen LogP) is 2.03. The number of hydrogen-bond acceptors (Lipinski definition) is 3. The first-order valence-corrected chi connectivity index (χ1v) is 5.54. The highest BCUT2D eigenvalue weighted by Crippen LogP contribution is 2.65. The molecule has 3 heteroatoms. The average Bonchev–Trinajstić information content (AvgIpc) is 2.81. The van der Waals surface area contributed by atoms with Crippen molar-refractivity contribution < 1.29 is 9.84 Å². The van der Waals surface area contributed by atoms with E-state index in [1.165, 1.54) is 0 Å². The summed E-state index contributed by atoms with van der Waals surface area (Å²) in [6.45, 7) is 4.94. The molecular weight excluding hydrogens is 202 g/mol. The average molecular weight is 221 g/mol. The second-order valence-corrected chi connectivity index (χ2v) is 5.23. The van der Waals surface area contributed by atoms with E-state index in [2.05, 4.69) is 13.8 Å². The molecule has 88 valence electrons. The fourth-order valence-corrected chi connectivity index (χ4v) is 2.67. The molecular formula is C13H19NO2. The molecule has 16 heavy (non-hydrogen) atoms. The summed E-state index contributed by atoms with van der Waals surface area (Å²) < 4.78 is 5.08. The van der Waals surface area contributed by atoms with Crippen LogP contribution in [-0.2, 0) is 5.41 Å². The van der Waals surface area contributed by atoms with Gasteiger partial charge in [-0.2, -0.15) is 0 Å². The van der Waals surface area contributed by atoms with Crippen LogP contribution in [0.1, 0.15) is 25.8 Å². The van der Waals surface area contributed by atoms with Crippen LogP contribution < -0.4 is 10.5 Å². The second kappa shape index (κ2) is 3.39. The maximum absolute atomic E-state index is 10.0. The van der Waals surface area contributed by atoms with Crippen molar-refractivity contribution in [1.29, 1.82) is 0 Å². The third-order valence-electron chi connectivity index (χ3n) is 3.98. The lowest BCUT2D eigenvalue weighted by Gasteiger charge is -2.20. The van der Waals surface area contributed by atoms with E-state index in [4.69, 9.17) is 10.5 Å². The van der Waals surface area contributed by atoms with Crippen LogP contribution in [0, 0.1) is 5.41 Å². The van der Waals surface area contributed by atoms with Crippen molar-refractivity contribution in [3.8, 4) is 11.5 Å². The van der Waals surface area contributed by atoms with Gasteiger partial charge >= 0.3 is 0 Å². The van der Waals surface area contributed by atoms with Gasteiger partial charge in [0, 0.05) is 23.6 Å². The van der Waals surface area contributed by atoms with Gasteiger partial charge in [0.15, 0.2) is 0 Å². The minimum atomic E-state index is -0.0661. The predicted molar refractivity (Wildman–Crippen MR) is 63.8 cm³/mol. The molecule has 3 nitrogen and oxygen atoms in total. The topological polar surface area (TPSA) is 55.5 Å². The van der Waals surface area contributed by atoms with Gasteiger partial charge < -0.3 is 15.6 Å². The van der Waals surface area contributed by atoms with Crippen LogP contribution in [0.4, 0.5) is 0 Å². The maximum Gasteiger partial charge on any atom is 0.123 e. The molecule has 1 fully saturated rings. The number of aromatic hydroxyl groups is 1. The van der Waals surface area contributed by atoms with Crippen LogP contribution in [0.2, 0.25) is 0 Å². The lowest BCUT2D eigenvalue weighted by Crippen LogP contribution is -2.25. The summed E-state index contributed by atoms with van der Waals surface area (Å²) in [5.74, 6) is 0.960. The molecule has 1 aliphatic rings. The normalized spacial score (nSPS) is 26.5. The fraction of sp³-hybridized carbons (Fsp3) is 0.538. The van der Waals surface area contributed by atoms with E-state index in [1.807, 2.05) is 12.1 Å². The Labute approximate surface area is 96.2 Å². The van der Waals surface area contributed by atoms with Gasteiger partial charge in [0.05, 0.1) is 7.11 Å². The Hall–Kier alpha value is -1.22. The highest BCUT2D eigenvalue weighted by atomic mass is 16.5. The molecule has 0 amide bonds. The third-order valence-corrected chi connectivity index (χ3v) is 3.98. The van der Waals surface area contributed by atoms with Gasteiger partial charge in [-0.1, -0.05) is 19.9 Å². The van der Waals surface area contributed by atoms with Crippen LogP contribution >= 0.6 is 0 Å². The first kappa shape index (κ1) is 11.3. The highest BCUT2D eigenvalue weighted by Gasteiger charge is 2.61. The molecule has 1 aromatic rings. The van der Waals surface area contributed by atoms with Crippen LogP contribution in [0.5, 0.6) is 11.5 Å². The van der Waals surface area contributed by atoms with Gasteiger partial charge in [0.25, 0.3) is 0 Å². The Morgan fingerprint density at radius 3 is 2.44 bits per heavy atom. The van der Waals surface area contributed by atoms with Crippen molar-refractivity contribution in [2.45, 2.75) is 25.7 Å². The monoisotopic (exact) mass is 221 g/mol. The van der Waals surface area contributed by atoms with Crippen molar-refractivity contribution in [3.63, 3.8) is 0 Å². The minimum Gasteiger partial charge on any atom is -0.508 e. The summed E-state index contributed by atoms with van der Waals surface area (Å²) in [6, 6.07) is 5.46. The number of phenols is 1. The number of nitrogens with two attached hydrogens (primary N) is 1. The summed E-state index contributed by atoms with van der Waals surface area (Å²) in [5, 5.41) is 10.0. The van der Waals surface area contributed by atoms with Gasteiger partial charge in [-0.05, 0) is 17.9 Å². The zero-order valence-electron chi connectivity index (χ0n) is 10.1. The molecule has 0 bridgehead atoms. The van der Waals surface area contributed by atoms with Crippen LogP contribution in [0.15, 0.2) is 18.2 Å².